The van der Waals surface area contributed by atoms with E-state index in [1.165, 1.54) is 0 Å². The van der Waals surface area contributed by atoms with Crippen LogP contribution in [0.25, 0.3) is 0 Å². The number of hydrogen-bond donors (Lipinski definition) is 0. The van der Waals surface area contributed by atoms with Crippen molar-refractivity contribution in [3.05, 3.63) is 59.4 Å². The fourth-order valence-electron chi connectivity index (χ4n) is 1.86. The van der Waals surface area contributed by atoms with Crippen LogP contribution in [-0.4, -0.2) is 16.9 Å². The maximum absolute atomic E-state index is 12.4. The minimum atomic E-state index is -0.0280. The van der Waals surface area contributed by atoms with Gasteiger partial charge in [-0.3, -0.25) is 9.78 Å². The first-order chi connectivity index (χ1) is 9.08. The van der Waals surface area contributed by atoms with Crippen LogP contribution in [0.2, 0.25) is 0 Å². The Bertz CT molecular complexity index is 591. The maximum Gasteiger partial charge on any atom is 0.194 e. The number of benzene rings is 1. The van der Waals surface area contributed by atoms with E-state index in [-0.39, 0.29) is 11.9 Å². The zero-order chi connectivity index (χ0) is 13.8. The number of rotatable bonds is 4. The molecule has 3 nitrogen and oxygen atoms in total. The van der Waals surface area contributed by atoms with E-state index in [9.17, 15) is 4.79 Å². The van der Waals surface area contributed by atoms with Crippen LogP contribution in [0, 0.1) is 6.92 Å². The molecule has 0 amide bonds. The molecule has 2 aromatic rings. The first kappa shape index (κ1) is 13.3. The van der Waals surface area contributed by atoms with Crippen molar-refractivity contribution in [1.29, 1.82) is 0 Å². The molecule has 0 aliphatic heterocycles. The lowest BCUT2D eigenvalue weighted by Gasteiger charge is -2.10. The zero-order valence-electron chi connectivity index (χ0n) is 11.4. The second kappa shape index (κ2) is 5.65. The van der Waals surface area contributed by atoms with E-state index in [0.29, 0.717) is 16.9 Å². The standard InChI is InChI=1S/C16H17NO2/c1-11(2)19-14-8-13(9-17-10-14)16(18)15-7-5-4-6-12(15)3/h4-11H,1-3H3. The van der Waals surface area contributed by atoms with Crippen LogP contribution in [0.3, 0.4) is 0 Å². The second-order valence-electron chi connectivity index (χ2n) is 4.72. The molecule has 0 aliphatic rings. The summed E-state index contributed by atoms with van der Waals surface area (Å²) in [7, 11) is 0. The molecular formula is C16H17NO2. The van der Waals surface area contributed by atoms with Crippen LogP contribution in [0.5, 0.6) is 5.75 Å². The van der Waals surface area contributed by atoms with Crippen LogP contribution in [0.15, 0.2) is 42.7 Å². The van der Waals surface area contributed by atoms with Gasteiger partial charge in [-0.15, -0.1) is 0 Å². The summed E-state index contributed by atoms with van der Waals surface area (Å²) < 4.78 is 5.56. The summed E-state index contributed by atoms with van der Waals surface area (Å²) in [5.41, 5.74) is 2.21. The number of pyridine rings is 1. The van der Waals surface area contributed by atoms with Gasteiger partial charge in [0.1, 0.15) is 5.75 Å². The highest BCUT2D eigenvalue weighted by Gasteiger charge is 2.12. The Labute approximate surface area is 113 Å². The van der Waals surface area contributed by atoms with Crippen molar-refractivity contribution >= 4 is 5.78 Å². The average molecular weight is 255 g/mol. The molecule has 1 heterocycles. The highest BCUT2D eigenvalue weighted by atomic mass is 16.5. The Morgan fingerprint density at radius 2 is 1.95 bits per heavy atom. The van der Waals surface area contributed by atoms with E-state index >= 15 is 0 Å². The summed E-state index contributed by atoms with van der Waals surface area (Å²) in [6.07, 6.45) is 3.25. The quantitative estimate of drug-likeness (QED) is 0.786. The molecule has 1 aromatic carbocycles. The van der Waals surface area contributed by atoms with Crippen molar-refractivity contribution in [3.8, 4) is 5.75 Å². The van der Waals surface area contributed by atoms with Crippen molar-refractivity contribution in [2.75, 3.05) is 0 Å². The molecule has 0 N–H and O–H groups in total. The lowest BCUT2D eigenvalue weighted by Crippen LogP contribution is -2.08. The number of aryl methyl sites for hydroxylation is 1. The van der Waals surface area contributed by atoms with Gasteiger partial charge in [0.05, 0.1) is 12.3 Å². The van der Waals surface area contributed by atoms with E-state index in [1.807, 2.05) is 45.0 Å². The number of nitrogens with zero attached hydrogens (tertiary/aromatic N) is 1. The van der Waals surface area contributed by atoms with Gasteiger partial charge in [-0.2, -0.15) is 0 Å². The normalized spacial score (nSPS) is 10.5. The molecule has 1 aromatic heterocycles. The number of hydrogen-bond acceptors (Lipinski definition) is 3. The van der Waals surface area contributed by atoms with E-state index in [0.717, 1.165) is 5.56 Å². The number of ether oxygens (including phenoxy) is 1. The summed E-state index contributed by atoms with van der Waals surface area (Å²) in [6.45, 7) is 5.81. The van der Waals surface area contributed by atoms with Crippen molar-refractivity contribution in [2.45, 2.75) is 26.9 Å². The molecule has 0 saturated carbocycles. The summed E-state index contributed by atoms with van der Waals surface area (Å²) in [5, 5.41) is 0. The average Bonchev–Trinajstić information content (AvgIpc) is 2.38. The Kier molecular flexibility index (Phi) is 3.95. The van der Waals surface area contributed by atoms with Gasteiger partial charge in [0.25, 0.3) is 0 Å². The minimum absolute atomic E-state index is 0.0280. The fourth-order valence-corrected chi connectivity index (χ4v) is 1.86. The summed E-state index contributed by atoms with van der Waals surface area (Å²) in [5.74, 6) is 0.592. The highest BCUT2D eigenvalue weighted by Crippen LogP contribution is 2.18. The summed E-state index contributed by atoms with van der Waals surface area (Å²) in [4.78, 5) is 16.5. The third-order valence-electron chi connectivity index (χ3n) is 2.74. The minimum Gasteiger partial charge on any atom is -0.489 e. The molecule has 0 unspecified atom stereocenters. The SMILES string of the molecule is Cc1ccccc1C(=O)c1cncc(OC(C)C)c1. The van der Waals surface area contributed by atoms with E-state index in [1.54, 1.807) is 18.5 Å². The topological polar surface area (TPSA) is 39.2 Å². The Morgan fingerprint density at radius 3 is 2.63 bits per heavy atom. The molecule has 0 bridgehead atoms. The summed E-state index contributed by atoms with van der Waals surface area (Å²) in [6, 6.07) is 9.27. The number of aromatic nitrogens is 1. The molecule has 0 radical (unpaired) electrons. The van der Waals surface area contributed by atoms with Crippen LogP contribution < -0.4 is 4.74 Å². The molecule has 0 aliphatic carbocycles. The third kappa shape index (κ3) is 3.19. The molecule has 0 atom stereocenters. The largest absolute Gasteiger partial charge is 0.489 e. The molecule has 3 heteroatoms. The predicted molar refractivity (Wildman–Crippen MR) is 74.6 cm³/mol. The number of carbonyl (C=O) groups excluding carboxylic acids is 1. The molecule has 2 rings (SSSR count). The van der Waals surface area contributed by atoms with Crippen molar-refractivity contribution < 1.29 is 9.53 Å². The van der Waals surface area contributed by atoms with Crippen LogP contribution in [0.1, 0.15) is 35.3 Å². The van der Waals surface area contributed by atoms with Crippen molar-refractivity contribution in [1.82, 2.24) is 4.98 Å². The Balaban J connectivity index is 2.32. The third-order valence-corrected chi connectivity index (χ3v) is 2.74. The van der Waals surface area contributed by atoms with Gasteiger partial charge in [-0.25, -0.2) is 0 Å². The number of carbonyl (C=O) groups is 1. The lowest BCUT2D eigenvalue weighted by atomic mass is 10.0. The molecule has 0 spiro atoms. The molecule has 0 saturated heterocycles. The second-order valence-corrected chi connectivity index (χ2v) is 4.72. The molecule has 0 fully saturated rings. The smallest absolute Gasteiger partial charge is 0.194 e. The summed E-state index contributed by atoms with van der Waals surface area (Å²) >= 11 is 0. The maximum atomic E-state index is 12.4. The molecule has 19 heavy (non-hydrogen) atoms. The van der Waals surface area contributed by atoms with E-state index in [4.69, 9.17) is 4.74 Å². The monoisotopic (exact) mass is 255 g/mol. The Morgan fingerprint density at radius 1 is 1.21 bits per heavy atom. The fraction of sp³-hybridized carbons (Fsp3) is 0.250. The lowest BCUT2D eigenvalue weighted by molar-refractivity contribution is 0.103. The van der Waals surface area contributed by atoms with Crippen molar-refractivity contribution in [2.24, 2.45) is 0 Å². The van der Waals surface area contributed by atoms with E-state index in [2.05, 4.69) is 4.98 Å². The van der Waals surface area contributed by atoms with Gasteiger partial charge in [-0.1, -0.05) is 24.3 Å². The van der Waals surface area contributed by atoms with Gasteiger partial charge in [0.2, 0.25) is 0 Å². The van der Waals surface area contributed by atoms with Gasteiger partial charge in [0, 0.05) is 17.3 Å². The molecular weight excluding hydrogens is 238 g/mol. The first-order valence-electron chi connectivity index (χ1n) is 6.30. The van der Waals surface area contributed by atoms with Gasteiger partial charge in [-0.05, 0) is 32.4 Å². The van der Waals surface area contributed by atoms with Crippen LogP contribution >= 0.6 is 0 Å². The highest BCUT2D eigenvalue weighted by molar-refractivity contribution is 6.09. The van der Waals surface area contributed by atoms with Gasteiger partial charge >= 0.3 is 0 Å². The first-order valence-corrected chi connectivity index (χ1v) is 6.30. The van der Waals surface area contributed by atoms with Crippen molar-refractivity contribution in [3.63, 3.8) is 0 Å². The van der Waals surface area contributed by atoms with E-state index < -0.39 is 0 Å². The zero-order valence-corrected chi connectivity index (χ0v) is 11.4. The van der Waals surface area contributed by atoms with Gasteiger partial charge < -0.3 is 4.74 Å². The van der Waals surface area contributed by atoms with Crippen LogP contribution in [-0.2, 0) is 0 Å². The Hall–Kier alpha value is -2.16. The number of ketones is 1. The molecule has 98 valence electrons. The predicted octanol–water partition coefficient (Wildman–Crippen LogP) is 3.41. The van der Waals surface area contributed by atoms with Gasteiger partial charge in [0.15, 0.2) is 5.78 Å². The van der Waals surface area contributed by atoms with Crippen LogP contribution in [0.4, 0.5) is 0 Å².